The van der Waals surface area contributed by atoms with E-state index >= 15 is 0 Å². The predicted molar refractivity (Wildman–Crippen MR) is 119 cm³/mol. The molecule has 0 aliphatic carbocycles. The number of amides is 2. The van der Waals surface area contributed by atoms with E-state index in [4.69, 9.17) is 21.4 Å². The Morgan fingerprint density at radius 1 is 1.10 bits per heavy atom. The number of rotatable bonds is 10. The highest BCUT2D eigenvalue weighted by molar-refractivity contribution is 8.00. The molecule has 7 nitrogen and oxygen atoms in total. The number of halogens is 1. The number of carboxylic acids is 1. The number of carboxylic acid groups (broad SMARTS) is 1. The van der Waals surface area contributed by atoms with Gasteiger partial charge in [-0.1, -0.05) is 24.6 Å². The van der Waals surface area contributed by atoms with Crippen molar-refractivity contribution in [2.75, 3.05) is 17.7 Å². The highest BCUT2D eigenvalue weighted by Crippen LogP contribution is 2.30. The van der Waals surface area contributed by atoms with Crippen LogP contribution in [0.1, 0.15) is 26.2 Å². The highest BCUT2D eigenvalue weighted by Gasteiger charge is 2.19. The summed E-state index contributed by atoms with van der Waals surface area (Å²) in [5.74, 6) is -1.04. The van der Waals surface area contributed by atoms with Crippen molar-refractivity contribution in [3.63, 3.8) is 0 Å². The van der Waals surface area contributed by atoms with Crippen LogP contribution in [-0.4, -0.2) is 35.2 Å². The molecule has 1 atom stereocenters. The first-order chi connectivity index (χ1) is 14.3. The van der Waals surface area contributed by atoms with E-state index in [1.807, 2.05) is 13.0 Å². The summed E-state index contributed by atoms with van der Waals surface area (Å²) in [6.45, 7) is 1.91. The van der Waals surface area contributed by atoms with Crippen LogP contribution in [0.5, 0.6) is 5.75 Å². The summed E-state index contributed by atoms with van der Waals surface area (Å²) in [4.78, 5) is 35.9. The number of anilines is 2. The Morgan fingerprint density at radius 3 is 2.47 bits per heavy atom. The zero-order valence-corrected chi connectivity index (χ0v) is 18.2. The van der Waals surface area contributed by atoms with Crippen molar-refractivity contribution in [3.05, 3.63) is 47.5 Å². The maximum atomic E-state index is 12.7. The fourth-order valence-corrected chi connectivity index (χ4v) is 3.82. The van der Waals surface area contributed by atoms with E-state index in [1.165, 1.54) is 18.9 Å². The van der Waals surface area contributed by atoms with Gasteiger partial charge in [-0.15, -0.1) is 11.8 Å². The number of methoxy groups -OCH3 is 1. The van der Waals surface area contributed by atoms with Gasteiger partial charge in [0.05, 0.1) is 23.8 Å². The second-order valence-electron chi connectivity index (χ2n) is 6.32. The summed E-state index contributed by atoms with van der Waals surface area (Å²) in [5, 5.41) is 14.2. The number of thioether (sulfide) groups is 1. The van der Waals surface area contributed by atoms with Gasteiger partial charge < -0.3 is 20.5 Å². The van der Waals surface area contributed by atoms with Gasteiger partial charge in [-0.05, 0) is 42.8 Å². The molecule has 30 heavy (non-hydrogen) atoms. The van der Waals surface area contributed by atoms with Crippen LogP contribution in [-0.2, 0) is 14.4 Å². The molecule has 1 unspecified atom stereocenters. The van der Waals surface area contributed by atoms with E-state index < -0.39 is 5.97 Å². The van der Waals surface area contributed by atoms with Crippen LogP contribution >= 0.6 is 23.4 Å². The summed E-state index contributed by atoms with van der Waals surface area (Å²) in [7, 11) is 1.52. The molecule has 2 aromatic rings. The van der Waals surface area contributed by atoms with Crippen molar-refractivity contribution >= 4 is 52.5 Å². The number of hydrogen-bond donors (Lipinski definition) is 3. The Hall–Kier alpha value is -2.71. The van der Waals surface area contributed by atoms with Gasteiger partial charge in [0, 0.05) is 22.7 Å². The van der Waals surface area contributed by atoms with Crippen LogP contribution < -0.4 is 15.4 Å². The molecule has 9 heteroatoms. The van der Waals surface area contributed by atoms with Crippen LogP contribution in [0.25, 0.3) is 0 Å². The fraction of sp³-hybridized carbons (Fsp3) is 0.286. The van der Waals surface area contributed by atoms with E-state index in [9.17, 15) is 14.4 Å². The first kappa shape index (κ1) is 23.6. The van der Waals surface area contributed by atoms with Gasteiger partial charge >= 0.3 is 5.97 Å². The lowest BCUT2D eigenvalue weighted by molar-refractivity contribution is -0.138. The molecule has 0 heterocycles. The van der Waals surface area contributed by atoms with Crippen molar-refractivity contribution < 1.29 is 24.2 Å². The van der Waals surface area contributed by atoms with Gasteiger partial charge in [0.1, 0.15) is 5.75 Å². The number of benzene rings is 2. The third-order valence-electron chi connectivity index (χ3n) is 4.04. The molecule has 2 amide bonds. The average Bonchev–Trinajstić information content (AvgIpc) is 2.71. The lowest BCUT2D eigenvalue weighted by Crippen LogP contribution is -2.24. The Bertz CT molecular complexity index is 922. The van der Waals surface area contributed by atoms with E-state index in [2.05, 4.69) is 10.6 Å². The summed E-state index contributed by atoms with van der Waals surface area (Å²) >= 11 is 7.48. The number of aliphatic carboxylic acids is 1. The molecule has 0 spiro atoms. The number of hydrogen-bond acceptors (Lipinski definition) is 5. The minimum absolute atomic E-state index is 0.100. The van der Waals surface area contributed by atoms with Crippen molar-refractivity contribution in [2.45, 2.75) is 36.3 Å². The predicted octanol–water partition coefficient (Wildman–Crippen LogP) is 4.66. The smallest absolute Gasteiger partial charge is 0.303 e. The van der Waals surface area contributed by atoms with E-state index in [0.717, 1.165) is 4.90 Å². The molecule has 0 saturated heterocycles. The summed E-state index contributed by atoms with van der Waals surface area (Å²) in [5.41, 5.74) is 1.12. The normalized spacial score (nSPS) is 11.4. The largest absolute Gasteiger partial charge is 0.495 e. The first-order valence-electron chi connectivity index (χ1n) is 9.25. The molecule has 0 saturated carbocycles. The Morgan fingerprint density at radius 2 is 1.83 bits per heavy atom. The molecule has 3 N–H and O–H groups in total. The van der Waals surface area contributed by atoms with Gasteiger partial charge in [-0.2, -0.15) is 0 Å². The minimum atomic E-state index is -1.02. The van der Waals surface area contributed by atoms with E-state index in [0.29, 0.717) is 28.6 Å². The Balaban J connectivity index is 2.00. The quantitative estimate of drug-likeness (QED) is 0.454. The third-order valence-corrected chi connectivity index (χ3v) is 5.70. The molecule has 0 aliphatic heterocycles. The molecule has 0 aliphatic rings. The SMILES string of the molecule is CCC(Sc1cccc(NC(=O)CCC(=O)O)c1)C(=O)Nc1ccc(OC)c(Cl)c1. The monoisotopic (exact) mass is 450 g/mol. The maximum Gasteiger partial charge on any atom is 0.303 e. The molecular weight excluding hydrogens is 428 g/mol. The van der Waals surface area contributed by atoms with Crippen LogP contribution in [0.4, 0.5) is 11.4 Å². The maximum absolute atomic E-state index is 12.7. The second-order valence-corrected chi connectivity index (χ2v) is 8.01. The zero-order valence-electron chi connectivity index (χ0n) is 16.6. The molecule has 0 fully saturated rings. The fourth-order valence-electron chi connectivity index (χ4n) is 2.54. The summed E-state index contributed by atoms with van der Waals surface area (Å²) in [6.07, 6.45) is 0.264. The van der Waals surface area contributed by atoms with Crippen molar-refractivity contribution in [1.82, 2.24) is 0 Å². The molecule has 2 rings (SSSR count). The number of carbonyl (C=O) groups is 3. The first-order valence-corrected chi connectivity index (χ1v) is 10.5. The van der Waals surface area contributed by atoms with Gasteiger partial charge in [0.15, 0.2) is 0 Å². The summed E-state index contributed by atoms with van der Waals surface area (Å²) < 4.78 is 5.11. The van der Waals surface area contributed by atoms with Crippen LogP contribution in [0.3, 0.4) is 0 Å². The molecule has 0 aromatic heterocycles. The standard InChI is InChI=1S/C21H23ClN2O5S/c1-3-18(21(28)24-14-7-8-17(29-2)16(22)12-14)30-15-6-4-5-13(11-15)23-19(25)9-10-20(26)27/h4-8,11-12,18H,3,9-10H2,1-2H3,(H,23,25)(H,24,28)(H,26,27). The van der Waals surface area contributed by atoms with Gasteiger partial charge in [-0.25, -0.2) is 0 Å². The van der Waals surface area contributed by atoms with Crippen LogP contribution in [0.15, 0.2) is 47.4 Å². The minimum Gasteiger partial charge on any atom is -0.495 e. The zero-order chi connectivity index (χ0) is 22.1. The molecule has 2 aromatic carbocycles. The summed E-state index contributed by atoms with van der Waals surface area (Å²) in [6, 6.07) is 12.1. The van der Waals surface area contributed by atoms with Crippen LogP contribution in [0.2, 0.25) is 5.02 Å². The highest BCUT2D eigenvalue weighted by atomic mass is 35.5. The Labute approximate surface area is 184 Å². The number of carbonyl (C=O) groups excluding carboxylic acids is 2. The molecule has 0 bridgehead atoms. The van der Waals surface area contributed by atoms with E-state index in [-0.39, 0.29) is 29.9 Å². The number of nitrogens with one attached hydrogen (secondary N) is 2. The van der Waals surface area contributed by atoms with Crippen LogP contribution in [0, 0.1) is 0 Å². The second kappa shape index (κ2) is 11.5. The van der Waals surface area contributed by atoms with Crippen molar-refractivity contribution in [1.29, 1.82) is 0 Å². The van der Waals surface area contributed by atoms with Gasteiger partial charge in [-0.3, -0.25) is 14.4 Å². The topological polar surface area (TPSA) is 105 Å². The van der Waals surface area contributed by atoms with Crippen molar-refractivity contribution in [2.24, 2.45) is 0 Å². The van der Waals surface area contributed by atoms with E-state index in [1.54, 1.807) is 36.4 Å². The van der Waals surface area contributed by atoms with Gasteiger partial charge in [0.2, 0.25) is 11.8 Å². The lowest BCUT2D eigenvalue weighted by atomic mass is 10.2. The van der Waals surface area contributed by atoms with Crippen molar-refractivity contribution in [3.8, 4) is 5.75 Å². The molecule has 0 radical (unpaired) electrons. The lowest BCUT2D eigenvalue weighted by Gasteiger charge is -2.16. The molecule has 160 valence electrons. The number of ether oxygens (including phenoxy) is 1. The Kier molecular flexibility index (Phi) is 9.01. The van der Waals surface area contributed by atoms with Gasteiger partial charge in [0.25, 0.3) is 0 Å². The average molecular weight is 451 g/mol. The third kappa shape index (κ3) is 7.27. The molecular formula is C21H23ClN2O5S.